The molecule has 0 spiro atoms. The molecule has 1 amide bonds. The second-order valence-electron chi connectivity index (χ2n) is 6.88. The topological polar surface area (TPSA) is 90.9 Å². The van der Waals surface area contributed by atoms with Gasteiger partial charge in [0.2, 0.25) is 21.5 Å². The van der Waals surface area contributed by atoms with Gasteiger partial charge in [0.05, 0.1) is 31.9 Å². The Kier molecular flexibility index (Phi) is 5.63. The highest BCUT2D eigenvalue weighted by Gasteiger charge is 2.36. The summed E-state index contributed by atoms with van der Waals surface area (Å²) in [5.41, 5.74) is 1.05. The van der Waals surface area contributed by atoms with Gasteiger partial charge in [-0.15, -0.1) is 11.3 Å². The second-order valence-corrected chi connectivity index (χ2v) is 9.71. The SMILES string of the molecule is COc1ccc(C2CC(=O)Nc3c(S(=O)(=O)c4ccccc4)csc32)c(OC)c1OC. The minimum absolute atomic E-state index is 0.0937. The van der Waals surface area contributed by atoms with Crippen molar-refractivity contribution in [2.75, 3.05) is 26.6 Å². The number of amides is 1. The zero-order valence-electron chi connectivity index (χ0n) is 17.2. The van der Waals surface area contributed by atoms with Crippen molar-refractivity contribution in [1.82, 2.24) is 0 Å². The number of ether oxygens (including phenoxy) is 3. The number of thiophene rings is 1. The number of methoxy groups -OCH3 is 3. The lowest BCUT2D eigenvalue weighted by Gasteiger charge is -2.26. The maximum atomic E-state index is 13.2. The molecule has 0 saturated heterocycles. The van der Waals surface area contributed by atoms with Crippen LogP contribution in [-0.2, 0) is 14.6 Å². The number of sulfone groups is 1. The van der Waals surface area contributed by atoms with Crippen LogP contribution >= 0.6 is 11.3 Å². The minimum atomic E-state index is -3.79. The molecule has 0 saturated carbocycles. The van der Waals surface area contributed by atoms with Crippen LogP contribution in [0.2, 0.25) is 0 Å². The average molecular weight is 460 g/mol. The molecule has 1 unspecified atom stereocenters. The Morgan fingerprint density at radius 1 is 0.968 bits per heavy atom. The van der Waals surface area contributed by atoms with Crippen LogP contribution in [0.25, 0.3) is 0 Å². The molecular formula is C22H21NO6S2. The molecule has 1 N–H and O–H groups in total. The summed E-state index contributed by atoms with van der Waals surface area (Å²) < 4.78 is 42.9. The predicted molar refractivity (Wildman–Crippen MR) is 117 cm³/mol. The number of anilines is 1. The number of hydrogen-bond acceptors (Lipinski definition) is 7. The highest BCUT2D eigenvalue weighted by molar-refractivity contribution is 7.91. The number of rotatable bonds is 6. The Bertz CT molecular complexity index is 1230. The van der Waals surface area contributed by atoms with E-state index in [-0.39, 0.29) is 28.0 Å². The third-order valence-electron chi connectivity index (χ3n) is 5.21. The van der Waals surface area contributed by atoms with E-state index in [1.54, 1.807) is 41.8 Å². The van der Waals surface area contributed by atoms with E-state index < -0.39 is 9.84 Å². The molecule has 1 aliphatic heterocycles. The van der Waals surface area contributed by atoms with E-state index >= 15 is 0 Å². The first-order chi connectivity index (χ1) is 14.9. The molecule has 1 atom stereocenters. The molecule has 1 aromatic heterocycles. The summed E-state index contributed by atoms with van der Waals surface area (Å²) >= 11 is 1.30. The summed E-state index contributed by atoms with van der Waals surface area (Å²) in [4.78, 5) is 13.6. The van der Waals surface area contributed by atoms with Crippen molar-refractivity contribution < 1.29 is 27.4 Å². The van der Waals surface area contributed by atoms with Crippen LogP contribution in [0.5, 0.6) is 17.2 Å². The fourth-order valence-electron chi connectivity index (χ4n) is 3.78. The largest absolute Gasteiger partial charge is 0.493 e. The van der Waals surface area contributed by atoms with Gasteiger partial charge in [0.1, 0.15) is 4.90 Å². The van der Waals surface area contributed by atoms with E-state index in [0.717, 1.165) is 10.4 Å². The molecule has 2 heterocycles. The summed E-state index contributed by atoms with van der Waals surface area (Å²) in [6, 6.07) is 11.7. The molecule has 0 bridgehead atoms. The fourth-order valence-corrected chi connectivity index (χ4v) is 6.70. The van der Waals surface area contributed by atoms with Gasteiger partial charge in [-0.2, -0.15) is 0 Å². The van der Waals surface area contributed by atoms with Crippen molar-refractivity contribution in [3.8, 4) is 17.2 Å². The first-order valence-corrected chi connectivity index (χ1v) is 11.8. The Balaban J connectivity index is 1.87. The summed E-state index contributed by atoms with van der Waals surface area (Å²) in [6.07, 6.45) is 0.157. The molecule has 0 radical (unpaired) electrons. The molecule has 31 heavy (non-hydrogen) atoms. The number of hydrogen-bond donors (Lipinski definition) is 1. The zero-order valence-corrected chi connectivity index (χ0v) is 18.8. The summed E-state index contributed by atoms with van der Waals surface area (Å²) in [5.74, 6) is 0.722. The molecule has 4 rings (SSSR count). The van der Waals surface area contributed by atoms with E-state index in [1.165, 1.54) is 32.7 Å². The van der Waals surface area contributed by atoms with Gasteiger partial charge in [-0.05, 0) is 18.2 Å². The van der Waals surface area contributed by atoms with Gasteiger partial charge in [0.25, 0.3) is 0 Å². The van der Waals surface area contributed by atoms with Crippen molar-refractivity contribution in [2.24, 2.45) is 0 Å². The highest BCUT2D eigenvalue weighted by Crippen LogP contribution is 2.51. The number of carbonyl (C=O) groups is 1. The fraction of sp³-hybridized carbons (Fsp3) is 0.227. The Morgan fingerprint density at radius 2 is 1.68 bits per heavy atom. The van der Waals surface area contributed by atoms with Crippen LogP contribution in [0.4, 0.5) is 5.69 Å². The third-order valence-corrected chi connectivity index (χ3v) is 8.25. The van der Waals surface area contributed by atoms with Gasteiger partial charge < -0.3 is 19.5 Å². The molecular weight excluding hydrogens is 438 g/mol. The molecule has 0 aliphatic carbocycles. The third kappa shape index (κ3) is 3.53. The van der Waals surface area contributed by atoms with Gasteiger partial charge in [0.15, 0.2) is 11.5 Å². The average Bonchev–Trinajstić information content (AvgIpc) is 3.22. The predicted octanol–water partition coefficient (Wildman–Crippen LogP) is 4.08. The zero-order chi connectivity index (χ0) is 22.2. The number of nitrogens with one attached hydrogen (secondary N) is 1. The standard InChI is InChI=1S/C22H21NO6S2/c1-27-16-10-9-14(20(28-2)21(16)29-3)15-11-18(24)23-19-17(12-30-22(15)19)31(25,26)13-7-5-4-6-8-13/h4-10,12,15H,11H2,1-3H3,(H,23,24). The van der Waals surface area contributed by atoms with Gasteiger partial charge in [-0.3, -0.25) is 4.79 Å². The second kappa shape index (κ2) is 8.24. The molecule has 9 heteroatoms. The van der Waals surface area contributed by atoms with Crippen molar-refractivity contribution in [2.45, 2.75) is 22.1 Å². The Hall–Kier alpha value is -3.04. The van der Waals surface area contributed by atoms with Gasteiger partial charge in [-0.25, -0.2) is 8.42 Å². The molecule has 0 fully saturated rings. The van der Waals surface area contributed by atoms with Crippen molar-refractivity contribution >= 4 is 32.8 Å². The van der Waals surface area contributed by atoms with Gasteiger partial charge in [-0.1, -0.05) is 24.3 Å². The van der Waals surface area contributed by atoms with Crippen LogP contribution in [-0.4, -0.2) is 35.7 Å². The van der Waals surface area contributed by atoms with Crippen molar-refractivity contribution in [3.63, 3.8) is 0 Å². The normalized spacial score (nSPS) is 15.7. The maximum Gasteiger partial charge on any atom is 0.225 e. The first kappa shape index (κ1) is 21.2. The Morgan fingerprint density at radius 3 is 2.32 bits per heavy atom. The summed E-state index contributed by atoms with van der Waals surface area (Å²) in [6.45, 7) is 0. The van der Waals surface area contributed by atoms with Crippen LogP contribution in [0.3, 0.4) is 0 Å². The van der Waals surface area contributed by atoms with E-state index in [1.807, 2.05) is 6.07 Å². The lowest BCUT2D eigenvalue weighted by atomic mass is 9.89. The lowest BCUT2D eigenvalue weighted by molar-refractivity contribution is -0.116. The molecule has 1 aliphatic rings. The van der Waals surface area contributed by atoms with Gasteiger partial charge >= 0.3 is 0 Å². The number of benzene rings is 2. The quantitative estimate of drug-likeness (QED) is 0.597. The van der Waals surface area contributed by atoms with Crippen LogP contribution in [0, 0.1) is 0 Å². The Labute approximate surface area is 184 Å². The van der Waals surface area contributed by atoms with Crippen molar-refractivity contribution in [3.05, 3.63) is 58.3 Å². The van der Waals surface area contributed by atoms with E-state index in [0.29, 0.717) is 22.9 Å². The van der Waals surface area contributed by atoms with Crippen LogP contribution in [0.1, 0.15) is 22.8 Å². The maximum absolute atomic E-state index is 13.2. The molecule has 2 aromatic carbocycles. The highest BCUT2D eigenvalue weighted by atomic mass is 32.2. The van der Waals surface area contributed by atoms with Crippen molar-refractivity contribution in [1.29, 1.82) is 0 Å². The summed E-state index contributed by atoms with van der Waals surface area (Å²) in [5, 5.41) is 4.35. The first-order valence-electron chi connectivity index (χ1n) is 9.42. The van der Waals surface area contributed by atoms with E-state index in [2.05, 4.69) is 5.32 Å². The minimum Gasteiger partial charge on any atom is -0.493 e. The molecule has 3 aromatic rings. The lowest BCUT2D eigenvalue weighted by Crippen LogP contribution is -2.23. The monoisotopic (exact) mass is 459 g/mol. The molecule has 162 valence electrons. The van der Waals surface area contributed by atoms with Crippen LogP contribution in [0.15, 0.2) is 57.6 Å². The molecule has 7 nitrogen and oxygen atoms in total. The van der Waals surface area contributed by atoms with Crippen LogP contribution < -0.4 is 19.5 Å². The van der Waals surface area contributed by atoms with Gasteiger partial charge in [0, 0.05) is 28.2 Å². The van der Waals surface area contributed by atoms with E-state index in [4.69, 9.17) is 14.2 Å². The number of fused-ring (bicyclic) bond motifs is 1. The smallest absolute Gasteiger partial charge is 0.225 e. The number of carbonyl (C=O) groups excluding carboxylic acids is 1. The summed E-state index contributed by atoms with van der Waals surface area (Å²) in [7, 11) is 0.776. The van der Waals surface area contributed by atoms with E-state index in [9.17, 15) is 13.2 Å².